The summed E-state index contributed by atoms with van der Waals surface area (Å²) in [5.74, 6) is -0.406. The van der Waals surface area contributed by atoms with Gasteiger partial charge >= 0.3 is 0 Å². The molecule has 0 bridgehead atoms. The lowest BCUT2D eigenvalue weighted by Crippen LogP contribution is -2.37. The van der Waals surface area contributed by atoms with Crippen molar-refractivity contribution in [2.24, 2.45) is 0 Å². The van der Waals surface area contributed by atoms with Crippen LogP contribution in [0.15, 0.2) is 24.3 Å². The summed E-state index contributed by atoms with van der Waals surface area (Å²) >= 11 is 0. The molecular weight excluding hydrogens is 219 g/mol. The minimum absolute atomic E-state index is 0.117. The van der Waals surface area contributed by atoms with Gasteiger partial charge in [0.25, 0.3) is 0 Å². The summed E-state index contributed by atoms with van der Waals surface area (Å²) in [6.07, 6.45) is 0.973. The molecular formula is C13H19FN2O. The second kappa shape index (κ2) is 7.01. The molecule has 1 aromatic carbocycles. The number of nitrogens with one attached hydrogen (secondary N) is 2. The van der Waals surface area contributed by atoms with Gasteiger partial charge in [-0.1, -0.05) is 25.1 Å². The van der Waals surface area contributed by atoms with Crippen molar-refractivity contribution in [2.45, 2.75) is 32.9 Å². The molecule has 94 valence electrons. The second-order valence-electron chi connectivity index (χ2n) is 4.06. The maximum absolute atomic E-state index is 13.2. The summed E-state index contributed by atoms with van der Waals surface area (Å²) in [5, 5.41) is 5.75. The summed E-state index contributed by atoms with van der Waals surface area (Å²) < 4.78 is 13.2. The molecule has 1 rings (SSSR count). The van der Waals surface area contributed by atoms with Gasteiger partial charge in [-0.15, -0.1) is 0 Å². The molecule has 0 fully saturated rings. The molecule has 4 heteroatoms. The molecule has 2 N–H and O–H groups in total. The molecule has 1 aromatic rings. The van der Waals surface area contributed by atoms with Gasteiger partial charge in [0.1, 0.15) is 5.82 Å². The molecule has 1 unspecified atom stereocenters. The first-order chi connectivity index (χ1) is 8.13. The fraction of sp³-hybridized carbons (Fsp3) is 0.462. The van der Waals surface area contributed by atoms with E-state index in [0.29, 0.717) is 11.6 Å². The van der Waals surface area contributed by atoms with E-state index >= 15 is 0 Å². The SMILES string of the molecule is CCC(C)NCC(=O)NCc1ccccc1F. The molecule has 0 aliphatic rings. The van der Waals surface area contributed by atoms with Gasteiger partial charge in [0.05, 0.1) is 6.54 Å². The Morgan fingerprint density at radius 2 is 2.12 bits per heavy atom. The summed E-state index contributed by atoms with van der Waals surface area (Å²) in [6, 6.07) is 6.75. The lowest BCUT2D eigenvalue weighted by atomic mass is 10.2. The lowest BCUT2D eigenvalue weighted by Gasteiger charge is -2.11. The molecule has 17 heavy (non-hydrogen) atoms. The van der Waals surface area contributed by atoms with Crippen molar-refractivity contribution >= 4 is 5.91 Å². The Bertz CT molecular complexity index is 368. The summed E-state index contributed by atoms with van der Waals surface area (Å²) in [6.45, 7) is 4.57. The number of carbonyl (C=O) groups is 1. The van der Waals surface area contributed by atoms with Crippen molar-refractivity contribution in [3.8, 4) is 0 Å². The van der Waals surface area contributed by atoms with E-state index in [4.69, 9.17) is 0 Å². The Labute approximate surface area is 101 Å². The van der Waals surface area contributed by atoms with Crippen LogP contribution in [0.4, 0.5) is 4.39 Å². The van der Waals surface area contributed by atoms with Crippen LogP contribution in [-0.4, -0.2) is 18.5 Å². The molecule has 0 spiro atoms. The molecule has 0 heterocycles. The zero-order valence-electron chi connectivity index (χ0n) is 10.3. The van der Waals surface area contributed by atoms with Crippen LogP contribution in [0, 0.1) is 5.82 Å². The summed E-state index contributed by atoms with van der Waals surface area (Å²) in [4.78, 5) is 11.5. The first-order valence-electron chi connectivity index (χ1n) is 5.87. The van der Waals surface area contributed by atoms with Gasteiger partial charge in [0, 0.05) is 18.2 Å². The van der Waals surface area contributed by atoms with Crippen molar-refractivity contribution in [2.75, 3.05) is 6.54 Å². The van der Waals surface area contributed by atoms with E-state index in [1.807, 2.05) is 6.92 Å². The van der Waals surface area contributed by atoms with E-state index in [-0.39, 0.29) is 24.8 Å². The number of amides is 1. The van der Waals surface area contributed by atoms with Gasteiger partial charge in [0.2, 0.25) is 5.91 Å². The Morgan fingerprint density at radius 1 is 1.41 bits per heavy atom. The Morgan fingerprint density at radius 3 is 2.76 bits per heavy atom. The van der Waals surface area contributed by atoms with E-state index < -0.39 is 0 Å². The normalized spacial score (nSPS) is 12.2. The highest BCUT2D eigenvalue weighted by Gasteiger charge is 2.05. The molecule has 0 aliphatic heterocycles. The second-order valence-corrected chi connectivity index (χ2v) is 4.06. The molecule has 0 aliphatic carbocycles. The fourth-order valence-electron chi connectivity index (χ4n) is 1.31. The van der Waals surface area contributed by atoms with Crippen LogP contribution in [0.25, 0.3) is 0 Å². The number of benzene rings is 1. The van der Waals surface area contributed by atoms with Crippen molar-refractivity contribution in [1.82, 2.24) is 10.6 Å². The third kappa shape index (κ3) is 4.95. The van der Waals surface area contributed by atoms with Gasteiger partial charge in [-0.25, -0.2) is 4.39 Å². The predicted octanol–water partition coefficient (Wildman–Crippen LogP) is 1.83. The first-order valence-corrected chi connectivity index (χ1v) is 5.87. The minimum Gasteiger partial charge on any atom is -0.351 e. The number of rotatable bonds is 6. The van der Waals surface area contributed by atoms with Crippen LogP contribution in [0.5, 0.6) is 0 Å². The molecule has 1 amide bonds. The first kappa shape index (κ1) is 13.6. The zero-order chi connectivity index (χ0) is 12.7. The average Bonchev–Trinajstić information content (AvgIpc) is 2.35. The molecule has 0 radical (unpaired) electrons. The number of carbonyl (C=O) groups excluding carboxylic acids is 1. The van der Waals surface area contributed by atoms with Crippen LogP contribution in [0.3, 0.4) is 0 Å². The monoisotopic (exact) mass is 238 g/mol. The van der Waals surface area contributed by atoms with Gasteiger partial charge in [-0.05, 0) is 19.4 Å². The summed E-state index contributed by atoms with van der Waals surface area (Å²) in [5.41, 5.74) is 0.504. The Balaban J connectivity index is 2.31. The lowest BCUT2D eigenvalue weighted by molar-refractivity contribution is -0.120. The van der Waals surface area contributed by atoms with Crippen molar-refractivity contribution in [1.29, 1.82) is 0 Å². The van der Waals surface area contributed by atoms with Crippen molar-refractivity contribution < 1.29 is 9.18 Å². The number of hydrogen-bond acceptors (Lipinski definition) is 2. The number of halogens is 1. The smallest absolute Gasteiger partial charge is 0.234 e. The van der Waals surface area contributed by atoms with Crippen LogP contribution in [-0.2, 0) is 11.3 Å². The molecule has 1 atom stereocenters. The van der Waals surface area contributed by atoms with E-state index in [1.54, 1.807) is 18.2 Å². The van der Waals surface area contributed by atoms with Crippen LogP contribution in [0.1, 0.15) is 25.8 Å². The Kier molecular flexibility index (Phi) is 5.63. The number of hydrogen-bond donors (Lipinski definition) is 2. The van der Waals surface area contributed by atoms with Gasteiger partial charge in [-0.2, -0.15) is 0 Å². The van der Waals surface area contributed by atoms with Gasteiger partial charge in [-0.3, -0.25) is 4.79 Å². The largest absolute Gasteiger partial charge is 0.351 e. The van der Waals surface area contributed by atoms with Crippen molar-refractivity contribution in [3.05, 3.63) is 35.6 Å². The standard InChI is InChI=1S/C13H19FN2O/c1-3-10(2)15-9-13(17)16-8-11-6-4-5-7-12(11)14/h4-7,10,15H,3,8-9H2,1-2H3,(H,16,17). The molecule has 3 nitrogen and oxygen atoms in total. The highest BCUT2D eigenvalue weighted by Crippen LogP contribution is 2.05. The van der Waals surface area contributed by atoms with Crippen LogP contribution >= 0.6 is 0 Å². The maximum atomic E-state index is 13.2. The van der Waals surface area contributed by atoms with E-state index in [9.17, 15) is 9.18 Å². The van der Waals surface area contributed by atoms with Gasteiger partial charge in [0.15, 0.2) is 0 Å². The predicted molar refractivity (Wildman–Crippen MR) is 66.0 cm³/mol. The summed E-state index contributed by atoms with van der Waals surface area (Å²) in [7, 11) is 0. The van der Waals surface area contributed by atoms with E-state index in [0.717, 1.165) is 6.42 Å². The fourth-order valence-corrected chi connectivity index (χ4v) is 1.31. The third-order valence-electron chi connectivity index (χ3n) is 2.66. The maximum Gasteiger partial charge on any atom is 0.234 e. The average molecular weight is 238 g/mol. The van der Waals surface area contributed by atoms with Gasteiger partial charge < -0.3 is 10.6 Å². The van der Waals surface area contributed by atoms with Crippen LogP contribution in [0.2, 0.25) is 0 Å². The zero-order valence-corrected chi connectivity index (χ0v) is 10.3. The van der Waals surface area contributed by atoms with E-state index in [1.165, 1.54) is 6.07 Å². The minimum atomic E-state index is -0.289. The molecule has 0 saturated carbocycles. The Hall–Kier alpha value is -1.42. The third-order valence-corrected chi connectivity index (χ3v) is 2.66. The quantitative estimate of drug-likeness (QED) is 0.794. The van der Waals surface area contributed by atoms with Crippen molar-refractivity contribution in [3.63, 3.8) is 0 Å². The highest BCUT2D eigenvalue weighted by atomic mass is 19.1. The topological polar surface area (TPSA) is 41.1 Å². The van der Waals surface area contributed by atoms with Crippen LogP contribution < -0.4 is 10.6 Å². The molecule has 0 saturated heterocycles. The van der Waals surface area contributed by atoms with E-state index in [2.05, 4.69) is 17.6 Å². The highest BCUT2D eigenvalue weighted by molar-refractivity contribution is 5.78. The molecule has 0 aromatic heterocycles.